The molecule has 0 saturated heterocycles. The zero-order valence-corrected chi connectivity index (χ0v) is 17.0. The molecule has 1 saturated carbocycles. The SMILES string of the molecule is CN(C(=O)Cn1c(=O)n(-c2ccccc2F)c(=O)c2sccc21)C1CCCCC1. The standard InChI is InChI=1S/C21H22FN3O3S/c1-23(14-7-3-2-4-8-14)18(26)13-24-17-11-12-29-19(17)20(27)25(21(24)28)16-10-6-5-9-15(16)22/h5-6,9-12,14H,2-4,7-8,13H2,1H3. The van der Waals surface area contributed by atoms with Crippen LogP contribution in [0.15, 0.2) is 45.3 Å². The number of carbonyl (C=O) groups excluding carboxylic acids is 1. The summed E-state index contributed by atoms with van der Waals surface area (Å²) in [5, 5.41) is 1.70. The molecule has 0 N–H and O–H groups in total. The maximum atomic E-state index is 14.3. The Morgan fingerprint density at radius 2 is 1.90 bits per heavy atom. The molecule has 152 valence electrons. The summed E-state index contributed by atoms with van der Waals surface area (Å²) >= 11 is 1.17. The Bertz CT molecular complexity index is 1170. The molecule has 1 aromatic carbocycles. The Morgan fingerprint density at radius 3 is 2.62 bits per heavy atom. The van der Waals surface area contributed by atoms with E-state index >= 15 is 0 Å². The van der Waals surface area contributed by atoms with E-state index in [1.807, 2.05) is 0 Å². The van der Waals surface area contributed by atoms with E-state index in [0.717, 1.165) is 30.3 Å². The lowest BCUT2D eigenvalue weighted by molar-refractivity contribution is -0.133. The zero-order chi connectivity index (χ0) is 20.5. The molecule has 1 aliphatic rings. The topological polar surface area (TPSA) is 64.3 Å². The Hall–Kier alpha value is -2.74. The van der Waals surface area contributed by atoms with E-state index in [2.05, 4.69) is 0 Å². The molecule has 0 spiro atoms. The number of benzene rings is 1. The van der Waals surface area contributed by atoms with Gasteiger partial charge in [0.1, 0.15) is 17.1 Å². The minimum Gasteiger partial charge on any atom is -0.341 e. The first kappa shape index (κ1) is 19.6. The summed E-state index contributed by atoms with van der Waals surface area (Å²) in [7, 11) is 1.76. The number of amides is 1. The Morgan fingerprint density at radius 1 is 1.17 bits per heavy atom. The number of halogens is 1. The maximum Gasteiger partial charge on any atom is 0.336 e. The van der Waals surface area contributed by atoms with Crippen molar-refractivity contribution in [3.8, 4) is 5.69 Å². The fourth-order valence-electron chi connectivity index (χ4n) is 4.00. The molecule has 29 heavy (non-hydrogen) atoms. The second-order valence-corrected chi connectivity index (χ2v) is 8.31. The molecule has 2 aromatic heterocycles. The van der Waals surface area contributed by atoms with Crippen molar-refractivity contribution in [1.82, 2.24) is 14.0 Å². The van der Waals surface area contributed by atoms with Gasteiger partial charge in [-0.05, 0) is 36.4 Å². The number of hydrogen-bond donors (Lipinski definition) is 0. The van der Waals surface area contributed by atoms with Gasteiger partial charge in [-0.3, -0.25) is 14.2 Å². The van der Waals surface area contributed by atoms with Gasteiger partial charge in [-0.2, -0.15) is 0 Å². The lowest BCUT2D eigenvalue weighted by Crippen LogP contribution is -2.44. The smallest absolute Gasteiger partial charge is 0.336 e. The van der Waals surface area contributed by atoms with E-state index in [1.165, 1.54) is 40.5 Å². The van der Waals surface area contributed by atoms with Crippen LogP contribution in [0.5, 0.6) is 0 Å². The number of likely N-dealkylation sites (N-methyl/N-ethyl adjacent to an activating group) is 1. The van der Waals surface area contributed by atoms with Crippen LogP contribution in [-0.4, -0.2) is 33.0 Å². The number of rotatable bonds is 4. The number of thiophene rings is 1. The van der Waals surface area contributed by atoms with Crippen LogP contribution in [-0.2, 0) is 11.3 Å². The Kier molecular flexibility index (Phi) is 5.36. The van der Waals surface area contributed by atoms with Gasteiger partial charge < -0.3 is 4.90 Å². The molecule has 0 atom stereocenters. The molecule has 0 radical (unpaired) electrons. The molecular weight excluding hydrogens is 393 g/mol. The monoisotopic (exact) mass is 415 g/mol. The maximum absolute atomic E-state index is 14.3. The summed E-state index contributed by atoms with van der Waals surface area (Å²) < 4.78 is 16.8. The second-order valence-electron chi connectivity index (χ2n) is 7.39. The van der Waals surface area contributed by atoms with Crippen molar-refractivity contribution in [1.29, 1.82) is 0 Å². The van der Waals surface area contributed by atoms with Gasteiger partial charge in [-0.1, -0.05) is 31.4 Å². The summed E-state index contributed by atoms with van der Waals surface area (Å²) in [5.74, 6) is -0.856. The van der Waals surface area contributed by atoms with Crippen molar-refractivity contribution in [2.75, 3.05) is 7.05 Å². The minimum absolute atomic E-state index is 0.111. The third-order valence-electron chi connectivity index (χ3n) is 5.66. The molecule has 0 unspecified atom stereocenters. The number of fused-ring (bicyclic) bond motifs is 1. The van der Waals surface area contributed by atoms with Gasteiger partial charge in [-0.25, -0.2) is 13.8 Å². The van der Waals surface area contributed by atoms with Crippen LogP contribution in [0.4, 0.5) is 4.39 Å². The van der Waals surface area contributed by atoms with Crippen LogP contribution in [0, 0.1) is 5.82 Å². The molecule has 8 heteroatoms. The molecule has 0 aliphatic heterocycles. The highest BCUT2D eigenvalue weighted by Gasteiger charge is 2.24. The molecular formula is C21H22FN3O3S. The summed E-state index contributed by atoms with van der Waals surface area (Å²) in [6, 6.07) is 7.47. The van der Waals surface area contributed by atoms with Gasteiger partial charge in [-0.15, -0.1) is 11.3 Å². The van der Waals surface area contributed by atoms with E-state index in [9.17, 15) is 18.8 Å². The molecule has 4 rings (SSSR count). The van der Waals surface area contributed by atoms with Crippen LogP contribution in [0.25, 0.3) is 15.9 Å². The minimum atomic E-state index is -0.712. The zero-order valence-electron chi connectivity index (χ0n) is 16.1. The van der Waals surface area contributed by atoms with E-state index in [4.69, 9.17) is 0 Å². The summed E-state index contributed by atoms with van der Waals surface area (Å²) in [4.78, 5) is 40.7. The fourth-order valence-corrected chi connectivity index (χ4v) is 4.83. The molecule has 1 fully saturated rings. The first-order chi connectivity index (χ1) is 14.0. The summed E-state index contributed by atoms with van der Waals surface area (Å²) in [5.41, 5.74) is -0.992. The predicted octanol–water partition coefficient (Wildman–Crippen LogP) is 3.14. The van der Waals surface area contributed by atoms with Crippen LogP contribution >= 0.6 is 11.3 Å². The average Bonchev–Trinajstić information content (AvgIpc) is 3.22. The number of para-hydroxylation sites is 1. The summed E-state index contributed by atoms with van der Waals surface area (Å²) in [6.45, 7) is -0.187. The van der Waals surface area contributed by atoms with Crippen molar-refractivity contribution >= 4 is 27.5 Å². The largest absolute Gasteiger partial charge is 0.341 e. The predicted molar refractivity (Wildman–Crippen MR) is 111 cm³/mol. The van der Waals surface area contributed by atoms with E-state index in [-0.39, 0.29) is 24.2 Å². The molecule has 1 amide bonds. The van der Waals surface area contributed by atoms with Gasteiger partial charge in [0.2, 0.25) is 5.91 Å². The van der Waals surface area contributed by atoms with Crippen molar-refractivity contribution in [3.05, 3.63) is 62.4 Å². The quantitative estimate of drug-likeness (QED) is 0.658. The number of aromatic nitrogens is 2. The Labute approximate surface area is 170 Å². The van der Waals surface area contributed by atoms with E-state index in [0.29, 0.717) is 10.2 Å². The van der Waals surface area contributed by atoms with Gasteiger partial charge in [0, 0.05) is 13.1 Å². The highest BCUT2D eigenvalue weighted by molar-refractivity contribution is 7.17. The normalized spacial score (nSPS) is 15.0. The first-order valence-corrected chi connectivity index (χ1v) is 10.6. The first-order valence-electron chi connectivity index (χ1n) is 9.72. The van der Waals surface area contributed by atoms with Gasteiger partial charge in [0.15, 0.2) is 0 Å². The van der Waals surface area contributed by atoms with Crippen LogP contribution in [0.1, 0.15) is 32.1 Å². The fraction of sp³-hybridized carbons (Fsp3) is 0.381. The van der Waals surface area contributed by atoms with E-state index < -0.39 is 17.1 Å². The highest BCUT2D eigenvalue weighted by atomic mass is 32.1. The molecule has 0 bridgehead atoms. The molecule has 2 heterocycles. The van der Waals surface area contributed by atoms with Gasteiger partial charge in [0.25, 0.3) is 5.56 Å². The lowest BCUT2D eigenvalue weighted by Gasteiger charge is -2.31. The molecule has 3 aromatic rings. The lowest BCUT2D eigenvalue weighted by atomic mass is 9.94. The molecule has 1 aliphatic carbocycles. The average molecular weight is 415 g/mol. The number of hydrogen-bond acceptors (Lipinski definition) is 4. The second kappa shape index (κ2) is 7.94. The van der Waals surface area contributed by atoms with Crippen molar-refractivity contribution in [2.45, 2.75) is 44.7 Å². The van der Waals surface area contributed by atoms with Gasteiger partial charge >= 0.3 is 5.69 Å². The number of carbonyl (C=O) groups is 1. The van der Waals surface area contributed by atoms with Crippen LogP contribution in [0.2, 0.25) is 0 Å². The van der Waals surface area contributed by atoms with Crippen LogP contribution < -0.4 is 11.2 Å². The Balaban J connectivity index is 1.79. The van der Waals surface area contributed by atoms with Crippen molar-refractivity contribution < 1.29 is 9.18 Å². The van der Waals surface area contributed by atoms with Crippen molar-refractivity contribution in [3.63, 3.8) is 0 Å². The number of nitrogens with zero attached hydrogens (tertiary/aromatic N) is 3. The van der Waals surface area contributed by atoms with Gasteiger partial charge in [0.05, 0.1) is 11.2 Å². The summed E-state index contributed by atoms with van der Waals surface area (Å²) in [6.07, 6.45) is 5.28. The molecule has 6 nitrogen and oxygen atoms in total. The highest BCUT2D eigenvalue weighted by Crippen LogP contribution is 2.22. The van der Waals surface area contributed by atoms with Crippen LogP contribution in [0.3, 0.4) is 0 Å². The van der Waals surface area contributed by atoms with E-state index in [1.54, 1.807) is 29.5 Å². The third kappa shape index (κ3) is 3.53. The van der Waals surface area contributed by atoms with Crippen molar-refractivity contribution in [2.24, 2.45) is 0 Å². The third-order valence-corrected chi connectivity index (χ3v) is 6.55.